The third-order valence-electron chi connectivity index (χ3n) is 3.04. The van der Waals surface area contributed by atoms with Gasteiger partial charge in [0.2, 0.25) is 0 Å². The highest BCUT2D eigenvalue weighted by atomic mass is 19.4. The van der Waals surface area contributed by atoms with E-state index in [4.69, 9.17) is 9.47 Å². The maximum atomic E-state index is 12.4. The van der Waals surface area contributed by atoms with Crippen LogP contribution in [0.25, 0.3) is 6.08 Å². The van der Waals surface area contributed by atoms with Crippen molar-refractivity contribution in [2.24, 2.45) is 0 Å². The number of carbonyl (C=O) groups excluding carboxylic acids is 1. The predicted molar refractivity (Wildman–Crippen MR) is 77.1 cm³/mol. The van der Waals surface area contributed by atoms with Crippen molar-refractivity contribution in [1.82, 2.24) is 5.32 Å². The van der Waals surface area contributed by atoms with Crippen LogP contribution in [0, 0.1) is 0 Å². The van der Waals surface area contributed by atoms with Crippen molar-refractivity contribution in [3.8, 4) is 11.5 Å². The fourth-order valence-corrected chi connectivity index (χ4v) is 2.03. The summed E-state index contributed by atoms with van der Waals surface area (Å²) in [6.45, 7) is 1.44. The van der Waals surface area contributed by atoms with Crippen LogP contribution in [0.2, 0.25) is 0 Å². The molecule has 1 N–H and O–H groups in total. The summed E-state index contributed by atoms with van der Waals surface area (Å²) in [5.41, 5.74) is 0.943. The highest BCUT2D eigenvalue weighted by Gasteiger charge is 2.39. The Kier molecular flexibility index (Phi) is 6.41. The summed E-state index contributed by atoms with van der Waals surface area (Å²) in [6, 6.07) is 2.25. The molecule has 0 aliphatic rings. The lowest BCUT2D eigenvalue weighted by molar-refractivity contribution is -0.174. The largest absolute Gasteiger partial charge is 0.496 e. The Morgan fingerprint density at radius 3 is 2.35 bits per heavy atom. The maximum absolute atomic E-state index is 12.4. The summed E-state index contributed by atoms with van der Waals surface area (Å²) < 4.78 is 59.4. The van der Waals surface area contributed by atoms with E-state index < -0.39 is 18.1 Å². The second kappa shape index (κ2) is 7.85. The molecular weight excluding hydrogens is 318 g/mol. The SMILES string of the molecule is COc1cc(CC(C)NC(=O)C(F)(F)F)c(OC)cc1/C=C\F. The van der Waals surface area contributed by atoms with Crippen LogP contribution in [0.4, 0.5) is 17.6 Å². The number of methoxy groups -OCH3 is 2. The summed E-state index contributed by atoms with van der Waals surface area (Å²) >= 11 is 0. The van der Waals surface area contributed by atoms with E-state index in [1.807, 2.05) is 5.32 Å². The third-order valence-corrected chi connectivity index (χ3v) is 3.04. The Balaban J connectivity index is 3.01. The van der Waals surface area contributed by atoms with E-state index in [1.54, 1.807) is 0 Å². The zero-order valence-electron chi connectivity index (χ0n) is 12.8. The Morgan fingerprint density at radius 1 is 1.26 bits per heavy atom. The number of alkyl halides is 3. The number of rotatable bonds is 6. The molecule has 23 heavy (non-hydrogen) atoms. The molecule has 0 aromatic heterocycles. The molecule has 0 bridgehead atoms. The van der Waals surface area contributed by atoms with E-state index in [9.17, 15) is 22.4 Å². The van der Waals surface area contributed by atoms with Crippen molar-refractivity contribution >= 4 is 12.0 Å². The van der Waals surface area contributed by atoms with Gasteiger partial charge in [-0.15, -0.1) is 0 Å². The van der Waals surface area contributed by atoms with Gasteiger partial charge in [0, 0.05) is 11.6 Å². The maximum Gasteiger partial charge on any atom is 0.471 e. The van der Waals surface area contributed by atoms with Crippen LogP contribution < -0.4 is 14.8 Å². The van der Waals surface area contributed by atoms with Gasteiger partial charge in [-0.3, -0.25) is 4.79 Å². The second-order valence-electron chi connectivity index (χ2n) is 4.78. The van der Waals surface area contributed by atoms with Crippen molar-refractivity contribution in [3.63, 3.8) is 0 Å². The van der Waals surface area contributed by atoms with Crippen LogP contribution in [0.5, 0.6) is 11.5 Å². The highest BCUT2D eigenvalue weighted by molar-refractivity contribution is 5.81. The summed E-state index contributed by atoms with van der Waals surface area (Å²) in [7, 11) is 2.77. The molecule has 1 unspecified atom stereocenters. The standard InChI is InChI=1S/C15H17F4NO3/c1-9(20-14(21)15(17,18)19)6-11-8-12(22-2)10(4-5-16)7-13(11)23-3/h4-5,7-9H,6H2,1-3H3,(H,20,21)/b5-4-. The second-order valence-corrected chi connectivity index (χ2v) is 4.78. The molecule has 0 saturated carbocycles. The average Bonchev–Trinajstić information content (AvgIpc) is 2.47. The molecule has 4 nitrogen and oxygen atoms in total. The molecule has 0 heterocycles. The van der Waals surface area contributed by atoms with E-state index in [-0.39, 0.29) is 6.42 Å². The number of ether oxygens (including phenoxy) is 2. The quantitative estimate of drug-likeness (QED) is 0.812. The van der Waals surface area contributed by atoms with Crippen molar-refractivity contribution in [3.05, 3.63) is 29.6 Å². The predicted octanol–water partition coefficient (Wildman–Crippen LogP) is 3.25. The minimum absolute atomic E-state index is 0.0843. The number of benzene rings is 1. The van der Waals surface area contributed by atoms with Crippen LogP contribution in [0.3, 0.4) is 0 Å². The first-order chi connectivity index (χ1) is 10.7. The molecule has 1 aromatic rings. The van der Waals surface area contributed by atoms with E-state index in [2.05, 4.69) is 0 Å². The van der Waals surface area contributed by atoms with Gasteiger partial charge >= 0.3 is 12.1 Å². The number of hydrogen-bond acceptors (Lipinski definition) is 3. The Hall–Kier alpha value is -2.25. The molecular formula is C15H17F4NO3. The molecule has 0 aliphatic carbocycles. The number of hydrogen-bond donors (Lipinski definition) is 1. The first-order valence-corrected chi connectivity index (χ1v) is 6.62. The minimum atomic E-state index is -4.94. The minimum Gasteiger partial charge on any atom is -0.496 e. The lowest BCUT2D eigenvalue weighted by Crippen LogP contribution is -2.42. The van der Waals surface area contributed by atoms with E-state index in [1.165, 1.54) is 39.4 Å². The van der Waals surface area contributed by atoms with Gasteiger partial charge in [0.25, 0.3) is 0 Å². The molecule has 128 valence electrons. The molecule has 0 spiro atoms. The fraction of sp³-hybridized carbons (Fsp3) is 0.400. The van der Waals surface area contributed by atoms with Crippen LogP contribution in [-0.4, -0.2) is 32.3 Å². The van der Waals surface area contributed by atoms with Crippen molar-refractivity contribution in [2.75, 3.05) is 14.2 Å². The van der Waals surface area contributed by atoms with Crippen molar-refractivity contribution < 1.29 is 31.8 Å². The summed E-state index contributed by atoms with van der Waals surface area (Å²) in [4.78, 5) is 10.9. The smallest absolute Gasteiger partial charge is 0.471 e. The van der Waals surface area contributed by atoms with Gasteiger partial charge in [0.05, 0.1) is 20.5 Å². The van der Waals surface area contributed by atoms with Crippen LogP contribution in [0.1, 0.15) is 18.1 Å². The normalized spacial score (nSPS) is 13.0. The summed E-state index contributed by atoms with van der Waals surface area (Å²) in [5.74, 6) is -1.32. The number of nitrogens with one attached hydrogen (secondary N) is 1. The zero-order chi connectivity index (χ0) is 17.6. The molecule has 1 rings (SSSR count). The van der Waals surface area contributed by atoms with Crippen LogP contribution >= 0.6 is 0 Å². The van der Waals surface area contributed by atoms with Gasteiger partial charge in [0.1, 0.15) is 11.5 Å². The molecule has 1 aromatic carbocycles. The number of halogens is 4. The zero-order valence-corrected chi connectivity index (χ0v) is 12.8. The molecule has 1 atom stereocenters. The van der Waals surface area contributed by atoms with E-state index in [0.717, 1.165) is 0 Å². The van der Waals surface area contributed by atoms with Gasteiger partial charge in [0.15, 0.2) is 0 Å². The van der Waals surface area contributed by atoms with Crippen LogP contribution in [-0.2, 0) is 11.2 Å². The lowest BCUT2D eigenvalue weighted by Gasteiger charge is -2.18. The van der Waals surface area contributed by atoms with Gasteiger partial charge in [-0.2, -0.15) is 13.2 Å². The third kappa shape index (κ3) is 5.15. The molecule has 0 aliphatic heterocycles. The highest BCUT2D eigenvalue weighted by Crippen LogP contribution is 2.31. The van der Waals surface area contributed by atoms with Gasteiger partial charge < -0.3 is 14.8 Å². The summed E-state index contributed by atoms with van der Waals surface area (Å²) in [5, 5.41) is 1.86. The lowest BCUT2D eigenvalue weighted by atomic mass is 10.0. The molecule has 0 radical (unpaired) electrons. The Bertz CT molecular complexity index is 585. The van der Waals surface area contributed by atoms with Gasteiger partial charge in [-0.25, -0.2) is 4.39 Å². The monoisotopic (exact) mass is 335 g/mol. The molecule has 8 heteroatoms. The van der Waals surface area contributed by atoms with Crippen molar-refractivity contribution in [2.45, 2.75) is 25.6 Å². The number of carbonyl (C=O) groups is 1. The van der Waals surface area contributed by atoms with Gasteiger partial charge in [-0.05, 0) is 37.1 Å². The van der Waals surface area contributed by atoms with E-state index in [0.29, 0.717) is 29.0 Å². The Labute approximate surface area is 131 Å². The number of amides is 1. The molecule has 1 amide bonds. The molecule has 0 saturated heterocycles. The van der Waals surface area contributed by atoms with Crippen LogP contribution in [0.15, 0.2) is 18.5 Å². The van der Waals surface area contributed by atoms with Gasteiger partial charge in [-0.1, -0.05) is 0 Å². The topological polar surface area (TPSA) is 47.6 Å². The average molecular weight is 335 g/mol. The van der Waals surface area contributed by atoms with Crippen molar-refractivity contribution in [1.29, 1.82) is 0 Å². The first kappa shape index (κ1) is 18.8. The molecule has 0 fully saturated rings. The van der Waals surface area contributed by atoms with E-state index >= 15 is 0 Å². The first-order valence-electron chi connectivity index (χ1n) is 6.62. The Morgan fingerprint density at radius 2 is 1.87 bits per heavy atom. The fourth-order valence-electron chi connectivity index (χ4n) is 2.03. The summed E-state index contributed by atoms with van der Waals surface area (Å²) in [6.07, 6.45) is -3.35.